The van der Waals surface area contributed by atoms with Gasteiger partial charge in [-0.15, -0.1) is 0 Å². The second kappa shape index (κ2) is 6.24. The Kier molecular flexibility index (Phi) is 3.83. The number of hydrogen-bond donors (Lipinski definition) is 3. The van der Waals surface area contributed by atoms with Crippen molar-refractivity contribution < 1.29 is 20.1 Å². The van der Waals surface area contributed by atoms with Gasteiger partial charge in [0.2, 0.25) is 0 Å². The Morgan fingerprint density at radius 1 is 1.04 bits per heavy atom. The van der Waals surface area contributed by atoms with Gasteiger partial charge in [0.05, 0.1) is 12.9 Å². The van der Waals surface area contributed by atoms with Crippen LogP contribution in [0.3, 0.4) is 0 Å². The van der Waals surface area contributed by atoms with Crippen molar-refractivity contribution in [3.8, 4) is 0 Å². The number of aromatic nitrogens is 4. The number of ether oxygens (including phenoxy) is 1. The van der Waals surface area contributed by atoms with Crippen molar-refractivity contribution in [2.24, 2.45) is 0 Å². The van der Waals surface area contributed by atoms with Crippen molar-refractivity contribution in [3.63, 3.8) is 0 Å². The van der Waals surface area contributed by atoms with Crippen LogP contribution in [-0.4, -0.2) is 59.8 Å². The number of aliphatic hydroxyl groups is 3. The van der Waals surface area contributed by atoms with Gasteiger partial charge >= 0.3 is 0 Å². The Labute approximate surface area is 154 Å². The second-order valence-electron chi connectivity index (χ2n) is 6.87. The third-order valence-electron chi connectivity index (χ3n) is 5.27. The number of hydrogen-bond acceptors (Lipinski definition) is 8. The molecule has 3 N–H and O–H groups in total. The van der Waals surface area contributed by atoms with E-state index >= 15 is 0 Å². The lowest BCUT2D eigenvalue weighted by molar-refractivity contribution is -0.0511. The largest absolute Gasteiger partial charge is 0.394 e. The first kappa shape index (κ1) is 16.6. The number of rotatable bonds is 3. The summed E-state index contributed by atoms with van der Waals surface area (Å²) >= 11 is 0. The molecule has 2 aliphatic heterocycles. The van der Waals surface area contributed by atoms with Crippen LogP contribution in [0.5, 0.6) is 0 Å². The Bertz CT molecular complexity index is 968. The van der Waals surface area contributed by atoms with E-state index in [1.54, 1.807) is 4.57 Å². The summed E-state index contributed by atoms with van der Waals surface area (Å²) in [6.45, 7) is 1.10. The van der Waals surface area contributed by atoms with Gasteiger partial charge in [0, 0.05) is 13.1 Å². The molecule has 1 fully saturated rings. The highest BCUT2D eigenvalue weighted by atomic mass is 16.6. The number of nitrogens with zero attached hydrogens (tertiary/aromatic N) is 5. The minimum Gasteiger partial charge on any atom is -0.394 e. The van der Waals surface area contributed by atoms with Gasteiger partial charge in [0.15, 0.2) is 23.2 Å². The molecule has 2 aliphatic rings. The molecule has 5 rings (SSSR count). The zero-order valence-corrected chi connectivity index (χ0v) is 14.4. The summed E-state index contributed by atoms with van der Waals surface area (Å²) in [6.07, 6.45) is -1.11. The van der Waals surface area contributed by atoms with Gasteiger partial charge in [0.1, 0.15) is 24.6 Å². The van der Waals surface area contributed by atoms with E-state index in [1.807, 2.05) is 12.1 Å². The molecular weight excluding hydrogens is 350 g/mol. The van der Waals surface area contributed by atoms with Crippen LogP contribution in [0, 0.1) is 0 Å². The van der Waals surface area contributed by atoms with Crippen molar-refractivity contribution in [3.05, 3.63) is 48.0 Å². The molecule has 140 valence electrons. The molecule has 4 heterocycles. The Balaban J connectivity index is 1.51. The maximum absolute atomic E-state index is 10.3. The van der Waals surface area contributed by atoms with Crippen LogP contribution >= 0.6 is 0 Å². The summed E-state index contributed by atoms with van der Waals surface area (Å²) < 4.78 is 7.18. The molecule has 1 aromatic carbocycles. The SMILES string of the molecule is OC[C@H]1OC(n2cnc3c(N4Cc5ccccc5C4)ncnc32)[C@H](O)[C@@H]1O. The van der Waals surface area contributed by atoms with E-state index in [-0.39, 0.29) is 6.61 Å². The van der Waals surface area contributed by atoms with Gasteiger partial charge in [-0.2, -0.15) is 0 Å². The molecule has 2 aromatic heterocycles. The molecule has 0 radical (unpaired) electrons. The average molecular weight is 369 g/mol. The van der Waals surface area contributed by atoms with Gasteiger partial charge < -0.3 is 25.0 Å². The fraction of sp³-hybridized carbons (Fsp3) is 0.389. The maximum atomic E-state index is 10.3. The van der Waals surface area contributed by atoms with E-state index in [2.05, 4.69) is 32.0 Å². The van der Waals surface area contributed by atoms with E-state index in [0.717, 1.165) is 13.1 Å². The highest BCUT2D eigenvalue weighted by Gasteiger charge is 2.44. The summed E-state index contributed by atoms with van der Waals surface area (Å²) in [6, 6.07) is 8.25. The molecule has 27 heavy (non-hydrogen) atoms. The van der Waals surface area contributed by atoms with Crippen LogP contribution in [0.25, 0.3) is 11.2 Å². The predicted molar refractivity (Wildman–Crippen MR) is 94.7 cm³/mol. The van der Waals surface area contributed by atoms with Crippen LogP contribution in [0.4, 0.5) is 5.82 Å². The lowest BCUT2D eigenvalue weighted by Gasteiger charge is -2.18. The molecule has 4 atom stereocenters. The van der Waals surface area contributed by atoms with Crippen LogP contribution in [-0.2, 0) is 17.8 Å². The van der Waals surface area contributed by atoms with Gasteiger partial charge in [-0.25, -0.2) is 15.0 Å². The second-order valence-corrected chi connectivity index (χ2v) is 6.87. The summed E-state index contributed by atoms with van der Waals surface area (Å²) in [4.78, 5) is 15.3. The Morgan fingerprint density at radius 3 is 2.44 bits per heavy atom. The van der Waals surface area contributed by atoms with Crippen molar-refractivity contribution >= 4 is 17.0 Å². The number of aliphatic hydroxyl groups excluding tert-OH is 3. The molecule has 1 saturated heterocycles. The monoisotopic (exact) mass is 369 g/mol. The third kappa shape index (κ3) is 2.51. The van der Waals surface area contributed by atoms with E-state index in [1.165, 1.54) is 23.8 Å². The van der Waals surface area contributed by atoms with Gasteiger partial charge in [-0.05, 0) is 11.1 Å². The van der Waals surface area contributed by atoms with Crippen LogP contribution in [0.2, 0.25) is 0 Å². The average Bonchev–Trinajstić information content (AvgIpc) is 3.38. The highest BCUT2D eigenvalue weighted by molar-refractivity contribution is 5.83. The molecule has 0 amide bonds. The first-order valence-electron chi connectivity index (χ1n) is 8.79. The standard InChI is InChI=1S/C18H19N5O4/c24-7-12-14(25)15(26)18(27-12)23-9-21-13-16(19-8-20-17(13)23)22-5-10-3-1-2-4-11(10)6-22/h1-4,8-9,12,14-15,18,24-26H,5-7H2/t12-,14-,15-,18?/m1/s1. The molecular formula is C18H19N5O4. The Hall–Kier alpha value is -2.59. The molecule has 9 heteroatoms. The predicted octanol–water partition coefficient (Wildman–Crippen LogP) is -0.0420. The van der Waals surface area contributed by atoms with Crippen LogP contribution in [0.1, 0.15) is 17.4 Å². The number of anilines is 1. The van der Waals surface area contributed by atoms with Gasteiger partial charge in [0.25, 0.3) is 0 Å². The van der Waals surface area contributed by atoms with Crippen molar-refractivity contribution in [1.29, 1.82) is 0 Å². The Morgan fingerprint density at radius 2 is 1.78 bits per heavy atom. The maximum Gasteiger partial charge on any atom is 0.167 e. The highest BCUT2D eigenvalue weighted by Crippen LogP contribution is 2.34. The van der Waals surface area contributed by atoms with Crippen LogP contribution < -0.4 is 4.90 Å². The van der Waals surface area contributed by atoms with Crippen molar-refractivity contribution in [2.45, 2.75) is 37.6 Å². The normalized spacial score (nSPS) is 27.4. The molecule has 0 spiro atoms. The lowest BCUT2D eigenvalue weighted by Crippen LogP contribution is -2.33. The van der Waals surface area contributed by atoms with E-state index < -0.39 is 24.5 Å². The smallest absolute Gasteiger partial charge is 0.167 e. The minimum atomic E-state index is -1.19. The zero-order chi connectivity index (χ0) is 18.5. The van der Waals surface area contributed by atoms with Crippen LogP contribution in [0.15, 0.2) is 36.9 Å². The fourth-order valence-corrected chi connectivity index (χ4v) is 3.85. The summed E-state index contributed by atoms with van der Waals surface area (Å²) in [5.41, 5.74) is 3.62. The van der Waals surface area contributed by atoms with Crippen molar-refractivity contribution in [1.82, 2.24) is 19.5 Å². The van der Waals surface area contributed by atoms with E-state index in [9.17, 15) is 15.3 Å². The molecule has 0 saturated carbocycles. The van der Waals surface area contributed by atoms with E-state index in [4.69, 9.17) is 4.74 Å². The molecule has 1 unspecified atom stereocenters. The minimum absolute atomic E-state index is 0.381. The molecule has 3 aromatic rings. The molecule has 0 aliphatic carbocycles. The number of imidazole rings is 1. The van der Waals surface area contributed by atoms with Crippen molar-refractivity contribution in [2.75, 3.05) is 11.5 Å². The fourth-order valence-electron chi connectivity index (χ4n) is 3.85. The zero-order valence-electron chi connectivity index (χ0n) is 14.4. The quantitative estimate of drug-likeness (QED) is 0.589. The first-order chi connectivity index (χ1) is 13.2. The third-order valence-corrected chi connectivity index (χ3v) is 5.27. The van der Waals surface area contributed by atoms with Gasteiger partial charge in [-0.1, -0.05) is 24.3 Å². The summed E-state index contributed by atoms with van der Waals surface area (Å²) in [5.74, 6) is 0.710. The number of benzene rings is 1. The first-order valence-corrected chi connectivity index (χ1v) is 8.79. The molecule has 0 bridgehead atoms. The van der Waals surface area contributed by atoms with Gasteiger partial charge in [-0.3, -0.25) is 4.57 Å². The number of fused-ring (bicyclic) bond motifs is 2. The summed E-state index contributed by atoms with van der Waals surface area (Å²) in [7, 11) is 0. The lowest BCUT2D eigenvalue weighted by atomic mass is 10.1. The topological polar surface area (TPSA) is 117 Å². The molecule has 9 nitrogen and oxygen atoms in total. The van der Waals surface area contributed by atoms with E-state index in [0.29, 0.717) is 17.0 Å². The summed E-state index contributed by atoms with van der Waals surface area (Å²) in [5, 5.41) is 29.6.